The topological polar surface area (TPSA) is 29.1 Å². The van der Waals surface area contributed by atoms with E-state index in [1.807, 2.05) is 6.07 Å². The van der Waals surface area contributed by atoms with E-state index in [9.17, 15) is 4.79 Å². The molecule has 1 amide bonds. The number of hydrogen-bond donors (Lipinski definition) is 1. The van der Waals surface area contributed by atoms with Gasteiger partial charge in [0, 0.05) is 11.8 Å². The number of carbonyl (C=O) groups excluding carboxylic acids is 1. The van der Waals surface area contributed by atoms with E-state index >= 15 is 0 Å². The number of benzene rings is 1. The van der Waals surface area contributed by atoms with Crippen molar-refractivity contribution in [1.82, 2.24) is 5.32 Å². The predicted molar refractivity (Wildman–Crippen MR) is 81.2 cm³/mol. The Morgan fingerprint density at radius 3 is 2.75 bits per heavy atom. The monoisotopic (exact) mass is 271 g/mol. The van der Waals surface area contributed by atoms with Crippen molar-refractivity contribution in [2.75, 3.05) is 0 Å². The highest BCUT2D eigenvalue weighted by Gasteiger charge is 2.47. The van der Waals surface area contributed by atoms with Gasteiger partial charge in [0.1, 0.15) is 0 Å². The number of carbonyl (C=O) groups is 1. The van der Waals surface area contributed by atoms with Crippen LogP contribution in [0.25, 0.3) is 0 Å². The van der Waals surface area contributed by atoms with E-state index in [-0.39, 0.29) is 17.4 Å². The zero-order chi connectivity index (χ0) is 14.0. The molecule has 1 aliphatic heterocycles. The molecule has 2 aliphatic rings. The zero-order valence-corrected chi connectivity index (χ0v) is 12.4. The van der Waals surface area contributed by atoms with Gasteiger partial charge in [-0.15, -0.1) is 0 Å². The molecule has 2 heteroatoms. The molecule has 1 aromatic rings. The molecule has 1 N–H and O–H groups in total. The molecule has 3 atom stereocenters. The number of rotatable bonds is 2. The third kappa shape index (κ3) is 2.48. The summed E-state index contributed by atoms with van der Waals surface area (Å²) in [5, 5.41) is 3.25. The SMILES string of the molecule is CCC1CCCC2(CC1)CC(=O)NC2c1ccccc1. The Hall–Kier alpha value is -1.31. The second-order valence-corrected chi connectivity index (χ2v) is 6.66. The minimum atomic E-state index is 0.169. The maximum Gasteiger partial charge on any atom is 0.221 e. The van der Waals surface area contributed by atoms with E-state index < -0.39 is 0 Å². The molecule has 0 aromatic heterocycles. The van der Waals surface area contributed by atoms with Gasteiger partial charge in [-0.05, 0) is 30.7 Å². The van der Waals surface area contributed by atoms with Gasteiger partial charge in [-0.1, -0.05) is 56.5 Å². The van der Waals surface area contributed by atoms with Gasteiger partial charge in [-0.25, -0.2) is 0 Å². The maximum absolute atomic E-state index is 12.1. The van der Waals surface area contributed by atoms with E-state index in [1.165, 1.54) is 44.1 Å². The molecule has 108 valence electrons. The van der Waals surface area contributed by atoms with Crippen molar-refractivity contribution in [1.29, 1.82) is 0 Å². The van der Waals surface area contributed by atoms with Crippen LogP contribution in [0.4, 0.5) is 0 Å². The van der Waals surface area contributed by atoms with Gasteiger partial charge in [0.05, 0.1) is 6.04 Å². The van der Waals surface area contributed by atoms with E-state index in [1.54, 1.807) is 0 Å². The summed E-state index contributed by atoms with van der Waals surface area (Å²) in [5.41, 5.74) is 1.45. The van der Waals surface area contributed by atoms with E-state index in [0.717, 1.165) is 12.3 Å². The smallest absolute Gasteiger partial charge is 0.221 e. The summed E-state index contributed by atoms with van der Waals surface area (Å²) in [4.78, 5) is 12.1. The quantitative estimate of drug-likeness (QED) is 0.857. The van der Waals surface area contributed by atoms with Gasteiger partial charge in [0.25, 0.3) is 0 Å². The predicted octanol–water partition coefficient (Wildman–Crippen LogP) is 4.22. The average molecular weight is 271 g/mol. The molecule has 1 saturated carbocycles. The van der Waals surface area contributed by atoms with Crippen LogP contribution in [0.15, 0.2) is 30.3 Å². The molecular weight excluding hydrogens is 246 g/mol. The summed E-state index contributed by atoms with van der Waals surface area (Å²) in [5.74, 6) is 1.11. The van der Waals surface area contributed by atoms with Crippen LogP contribution in [-0.4, -0.2) is 5.91 Å². The fourth-order valence-corrected chi connectivity index (χ4v) is 4.25. The van der Waals surface area contributed by atoms with E-state index in [0.29, 0.717) is 0 Å². The van der Waals surface area contributed by atoms with Crippen LogP contribution < -0.4 is 5.32 Å². The lowest BCUT2D eigenvalue weighted by Gasteiger charge is -2.33. The Morgan fingerprint density at radius 2 is 2.00 bits per heavy atom. The van der Waals surface area contributed by atoms with Gasteiger partial charge in [-0.3, -0.25) is 4.79 Å². The summed E-state index contributed by atoms with van der Waals surface area (Å²) in [6, 6.07) is 10.8. The summed E-state index contributed by atoms with van der Waals surface area (Å²) in [6.45, 7) is 2.30. The Balaban J connectivity index is 1.87. The minimum Gasteiger partial charge on any atom is -0.349 e. The summed E-state index contributed by atoms with van der Waals surface area (Å²) >= 11 is 0. The lowest BCUT2D eigenvalue weighted by atomic mass is 9.71. The number of nitrogens with one attached hydrogen (secondary N) is 1. The van der Waals surface area contributed by atoms with Crippen LogP contribution in [-0.2, 0) is 4.79 Å². The van der Waals surface area contributed by atoms with E-state index in [4.69, 9.17) is 0 Å². The molecule has 1 spiro atoms. The third-order valence-corrected chi connectivity index (χ3v) is 5.48. The molecule has 3 unspecified atom stereocenters. The molecule has 20 heavy (non-hydrogen) atoms. The van der Waals surface area contributed by atoms with Crippen LogP contribution >= 0.6 is 0 Å². The molecule has 1 saturated heterocycles. The normalized spacial score (nSPS) is 34.0. The molecule has 0 radical (unpaired) electrons. The molecule has 2 nitrogen and oxygen atoms in total. The van der Waals surface area contributed by atoms with Crippen LogP contribution in [0.3, 0.4) is 0 Å². The fraction of sp³-hybridized carbons (Fsp3) is 0.611. The van der Waals surface area contributed by atoms with Crippen molar-refractivity contribution in [3.8, 4) is 0 Å². The van der Waals surface area contributed by atoms with Gasteiger partial charge < -0.3 is 5.32 Å². The summed E-state index contributed by atoms with van der Waals surface area (Å²) in [6.07, 6.45) is 8.31. The zero-order valence-electron chi connectivity index (χ0n) is 12.4. The Morgan fingerprint density at radius 1 is 1.20 bits per heavy atom. The van der Waals surface area contributed by atoms with Crippen molar-refractivity contribution in [3.05, 3.63) is 35.9 Å². The lowest BCUT2D eigenvalue weighted by Crippen LogP contribution is -2.29. The minimum absolute atomic E-state index is 0.169. The van der Waals surface area contributed by atoms with Gasteiger partial charge in [0.15, 0.2) is 0 Å². The molecule has 1 aromatic carbocycles. The van der Waals surface area contributed by atoms with Crippen LogP contribution in [0.2, 0.25) is 0 Å². The van der Waals surface area contributed by atoms with Crippen molar-refractivity contribution in [3.63, 3.8) is 0 Å². The first-order chi connectivity index (χ1) is 9.73. The van der Waals surface area contributed by atoms with Crippen LogP contribution in [0.1, 0.15) is 63.5 Å². The standard InChI is InChI=1S/C18H25NO/c1-2-14-7-6-11-18(12-10-14)13-16(20)19-17(18)15-8-4-3-5-9-15/h3-5,8-9,14,17H,2,6-7,10-13H2,1H3,(H,19,20). The van der Waals surface area contributed by atoms with Gasteiger partial charge in [0.2, 0.25) is 5.91 Å². The van der Waals surface area contributed by atoms with Crippen molar-refractivity contribution < 1.29 is 4.79 Å². The Kier molecular flexibility index (Phi) is 3.82. The van der Waals surface area contributed by atoms with Crippen molar-refractivity contribution >= 4 is 5.91 Å². The number of hydrogen-bond acceptors (Lipinski definition) is 1. The fourth-order valence-electron chi connectivity index (χ4n) is 4.25. The van der Waals surface area contributed by atoms with Crippen LogP contribution in [0.5, 0.6) is 0 Å². The molecule has 3 rings (SSSR count). The highest BCUT2D eigenvalue weighted by Crippen LogP contribution is 2.51. The van der Waals surface area contributed by atoms with Crippen molar-refractivity contribution in [2.45, 2.75) is 57.9 Å². The largest absolute Gasteiger partial charge is 0.349 e. The van der Waals surface area contributed by atoms with E-state index in [2.05, 4.69) is 36.5 Å². The lowest BCUT2D eigenvalue weighted by molar-refractivity contribution is -0.119. The molecular formula is C18H25NO. The Bertz CT molecular complexity index is 470. The summed E-state index contributed by atoms with van der Waals surface area (Å²) in [7, 11) is 0. The first kappa shape index (κ1) is 13.7. The van der Waals surface area contributed by atoms with Crippen molar-refractivity contribution in [2.24, 2.45) is 11.3 Å². The molecule has 2 fully saturated rings. The average Bonchev–Trinajstić information content (AvgIpc) is 2.67. The second-order valence-electron chi connectivity index (χ2n) is 6.66. The highest BCUT2D eigenvalue weighted by atomic mass is 16.2. The van der Waals surface area contributed by atoms with Gasteiger partial charge >= 0.3 is 0 Å². The molecule has 1 heterocycles. The van der Waals surface area contributed by atoms with Crippen LogP contribution in [0, 0.1) is 11.3 Å². The third-order valence-electron chi connectivity index (χ3n) is 5.48. The first-order valence-electron chi connectivity index (χ1n) is 8.08. The maximum atomic E-state index is 12.1. The summed E-state index contributed by atoms with van der Waals surface area (Å²) < 4.78 is 0. The second kappa shape index (κ2) is 5.59. The molecule has 0 bridgehead atoms. The highest BCUT2D eigenvalue weighted by molar-refractivity contribution is 5.80. The molecule has 1 aliphatic carbocycles. The number of amides is 1. The first-order valence-corrected chi connectivity index (χ1v) is 8.08. The Labute approximate surface area is 122 Å². The van der Waals surface area contributed by atoms with Gasteiger partial charge in [-0.2, -0.15) is 0 Å².